The zero-order valence-corrected chi connectivity index (χ0v) is 13.6. The third-order valence-corrected chi connectivity index (χ3v) is 4.42. The van der Waals surface area contributed by atoms with E-state index in [2.05, 4.69) is 10.5 Å². The van der Waals surface area contributed by atoms with E-state index in [-0.39, 0.29) is 28.1 Å². The molecule has 1 amide bonds. The van der Waals surface area contributed by atoms with Gasteiger partial charge in [-0.05, 0) is 31.4 Å². The van der Waals surface area contributed by atoms with E-state index in [1.807, 2.05) is 0 Å². The SMILES string of the molecule is O=C(N[C@H]1CC[C@@H](O)C1)c1noc(-c2ccc(C(F)(F)F)cc2)c1Cl. The fraction of sp³-hybridized carbons (Fsp3) is 0.375. The molecule has 134 valence electrons. The molecular formula is C16H14ClF3N2O3. The minimum Gasteiger partial charge on any atom is -0.393 e. The van der Waals surface area contributed by atoms with Crippen molar-refractivity contribution < 1.29 is 27.6 Å². The zero-order valence-electron chi connectivity index (χ0n) is 12.8. The van der Waals surface area contributed by atoms with Crippen LogP contribution in [0, 0.1) is 0 Å². The molecule has 1 heterocycles. The van der Waals surface area contributed by atoms with E-state index in [4.69, 9.17) is 16.1 Å². The number of hydrogen-bond acceptors (Lipinski definition) is 4. The fourth-order valence-corrected chi connectivity index (χ4v) is 3.02. The zero-order chi connectivity index (χ0) is 18.2. The summed E-state index contributed by atoms with van der Waals surface area (Å²) in [6, 6.07) is 4.01. The van der Waals surface area contributed by atoms with Gasteiger partial charge >= 0.3 is 6.18 Å². The molecule has 0 saturated heterocycles. The van der Waals surface area contributed by atoms with Gasteiger partial charge in [-0.15, -0.1) is 0 Å². The summed E-state index contributed by atoms with van der Waals surface area (Å²) in [6.45, 7) is 0. The molecule has 0 bridgehead atoms. The van der Waals surface area contributed by atoms with Gasteiger partial charge in [0.05, 0.1) is 11.7 Å². The van der Waals surface area contributed by atoms with Crippen LogP contribution >= 0.6 is 11.6 Å². The lowest BCUT2D eigenvalue weighted by molar-refractivity contribution is -0.137. The minimum atomic E-state index is -4.44. The molecule has 0 unspecified atom stereocenters. The van der Waals surface area contributed by atoms with E-state index in [1.165, 1.54) is 12.1 Å². The number of nitrogens with one attached hydrogen (secondary N) is 1. The van der Waals surface area contributed by atoms with Gasteiger partial charge in [-0.1, -0.05) is 28.9 Å². The summed E-state index contributed by atoms with van der Waals surface area (Å²) in [4.78, 5) is 12.2. The normalized spacial score (nSPS) is 20.7. The summed E-state index contributed by atoms with van der Waals surface area (Å²) >= 11 is 6.11. The van der Waals surface area contributed by atoms with Gasteiger partial charge in [0.2, 0.25) is 0 Å². The minimum absolute atomic E-state index is 0.0204. The number of hydrogen-bond donors (Lipinski definition) is 2. The molecule has 2 atom stereocenters. The first-order chi connectivity index (χ1) is 11.8. The van der Waals surface area contributed by atoms with Crippen LogP contribution in [-0.4, -0.2) is 28.3 Å². The summed E-state index contributed by atoms with van der Waals surface area (Å²) in [5.74, 6) is -0.530. The highest BCUT2D eigenvalue weighted by molar-refractivity contribution is 6.35. The summed E-state index contributed by atoms with van der Waals surface area (Å²) in [7, 11) is 0. The average molecular weight is 375 g/mol. The van der Waals surface area contributed by atoms with E-state index >= 15 is 0 Å². The molecule has 2 N–H and O–H groups in total. The van der Waals surface area contributed by atoms with Crippen LogP contribution in [0.4, 0.5) is 13.2 Å². The van der Waals surface area contributed by atoms with Gasteiger partial charge in [0.25, 0.3) is 5.91 Å². The van der Waals surface area contributed by atoms with Crippen LogP contribution in [0.5, 0.6) is 0 Å². The molecule has 2 aromatic rings. The Bertz CT molecular complexity index is 774. The van der Waals surface area contributed by atoms with E-state index in [0.717, 1.165) is 12.1 Å². The Labute approximate surface area is 145 Å². The largest absolute Gasteiger partial charge is 0.416 e. The standard InChI is InChI=1S/C16H14ClF3N2O3/c17-12-13(15(24)21-10-5-6-11(23)7-10)22-25-14(12)8-1-3-9(4-2-8)16(18,19)20/h1-4,10-11,23H,5-7H2,(H,21,24)/t10-,11+/m0/s1. The molecule has 1 aromatic carbocycles. The number of nitrogens with zero attached hydrogens (tertiary/aromatic N) is 1. The molecule has 0 radical (unpaired) electrons. The number of carbonyl (C=O) groups excluding carboxylic acids is 1. The van der Waals surface area contributed by atoms with Crippen LogP contribution in [0.2, 0.25) is 5.02 Å². The Morgan fingerprint density at radius 3 is 2.52 bits per heavy atom. The number of benzene rings is 1. The molecule has 5 nitrogen and oxygen atoms in total. The monoisotopic (exact) mass is 374 g/mol. The van der Waals surface area contributed by atoms with Crippen molar-refractivity contribution in [2.75, 3.05) is 0 Å². The quantitative estimate of drug-likeness (QED) is 0.859. The predicted molar refractivity (Wildman–Crippen MR) is 83.1 cm³/mol. The van der Waals surface area contributed by atoms with E-state index < -0.39 is 23.8 Å². The maximum atomic E-state index is 12.6. The second-order valence-electron chi connectivity index (χ2n) is 5.89. The molecule has 0 spiro atoms. The first-order valence-electron chi connectivity index (χ1n) is 7.57. The van der Waals surface area contributed by atoms with Crippen molar-refractivity contribution in [3.05, 3.63) is 40.5 Å². The van der Waals surface area contributed by atoms with Crippen LogP contribution < -0.4 is 5.32 Å². The summed E-state index contributed by atoms with van der Waals surface area (Å²) in [5, 5.41) is 15.7. The smallest absolute Gasteiger partial charge is 0.393 e. The molecule has 3 rings (SSSR count). The number of aliphatic hydroxyl groups is 1. The summed E-state index contributed by atoms with van der Waals surface area (Å²) < 4.78 is 42.8. The van der Waals surface area contributed by atoms with Crippen LogP contribution in [0.15, 0.2) is 28.8 Å². The van der Waals surface area contributed by atoms with Crippen LogP contribution in [-0.2, 0) is 6.18 Å². The lowest BCUT2D eigenvalue weighted by atomic mass is 10.1. The maximum Gasteiger partial charge on any atom is 0.416 e. The van der Waals surface area contributed by atoms with Crippen LogP contribution in [0.3, 0.4) is 0 Å². The Morgan fingerprint density at radius 1 is 1.28 bits per heavy atom. The van der Waals surface area contributed by atoms with Gasteiger partial charge in [-0.3, -0.25) is 4.79 Å². The first-order valence-corrected chi connectivity index (χ1v) is 7.95. The second-order valence-corrected chi connectivity index (χ2v) is 6.26. The molecule has 1 aromatic heterocycles. The third kappa shape index (κ3) is 3.80. The number of rotatable bonds is 3. The molecule has 25 heavy (non-hydrogen) atoms. The van der Waals surface area contributed by atoms with Gasteiger partial charge in [0, 0.05) is 11.6 Å². The van der Waals surface area contributed by atoms with Crippen molar-refractivity contribution in [2.24, 2.45) is 0 Å². The average Bonchev–Trinajstić information content (AvgIpc) is 3.12. The highest BCUT2D eigenvalue weighted by atomic mass is 35.5. The Kier molecular flexibility index (Phi) is 4.75. The van der Waals surface area contributed by atoms with Crippen molar-refractivity contribution in [2.45, 2.75) is 37.6 Å². The molecule has 1 fully saturated rings. The van der Waals surface area contributed by atoms with Crippen molar-refractivity contribution in [3.8, 4) is 11.3 Å². The fourth-order valence-electron chi connectivity index (χ4n) is 2.75. The highest BCUT2D eigenvalue weighted by Crippen LogP contribution is 2.34. The topological polar surface area (TPSA) is 75.4 Å². The van der Waals surface area contributed by atoms with Gasteiger partial charge < -0.3 is 14.9 Å². The number of carbonyl (C=O) groups is 1. The van der Waals surface area contributed by atoms with Gasteiger partial charge in [0.15, 0.2) is 11.5 Å². The van der Waals surface area contributed by atoms with Crippen LogP contribution in [0.25, 0.3) is 11.3 Å². The molecule has 9 heteroatoms. The van der Waals surface area contributed by atoms with E-state index in [1.54, 1.807) is 0 Å². The lowest BCUT2D eigenvalue weighted by Crippen LogP contribution is -2.33. The van der Waals surface area contributed by atoms with E-state index in [9.17, 15) is 23.1 Å². The van der Waals surface area contributed by atoms with E-state index in [0.29, 0.717) is 19.3 Å². The van der Waals surface area contributed by atoms with Gasteiger partial charge in [-0.2, -0.15) is 13.2 Å². The van der Waals surface area contributed by atoms with Crippen molar-refractivity contribution in [1.29, 1.82) is 0 Å². The Balaban J connectivity index is 1.77. The number of aliphatic hydroxyl groups excluding tert-OH is 1. The summed E-state index contributed by atoms with van der Waals surface area (Å²) in [5.41, 5.74) is -0.663. The molecule has 1 aliphatic rings. The third-order valence-electron chi connectivity index (χ3n) is 4.07. The molecular weight excluding hydrogens is 361 g/mol. The second kappa shape index (κ2) is 6.68. The van der Waals surface area contributed by atoms with Crippen LogP contribution in [0.1, 0.15) is 35.3 Å². The number of halogens is 4. The molecule has 1 aliphatic carbocycles. The van der Waals surface area contributed by atoms with Crippen molar-refractivity contribution in [1.82, 2.24) is 10.5 Å². The number of aromatic nitrogens is 1. The van der Waals surface area contributed by atoms with Crippen molar-refractivity contribution >= 4 is 17.5 Å². The Hall–Kier alpha value is -2.06. The molecule has 1 saturated carbocycles. The predicted octanol–water partition coefficient (Wildman–Crippen LogP) is 3.66. The van der Waals surface area contributed by atoms with Gasteiger partial charge in [0.1, 0.15) is 5.02 Å². The molecule has 0 aliphatic heterocycles. The first kappa shape index (κ1) is 17.8. The Morgan fingerprint density at radius 2 is 1.96 bits per heavy atom. The lowest BCUT2D eigenvalue weighted by Gasteiger charge is -2.10. The highest BCUT2D eigenvalue weighted by Gasteiger charge is 2.31. The van der Waals surface area contributed by atoms with Crippen molar-refractivity contribution in [3.63, 3.8) is 0 Å². The maximum absolute atomic E-state index is 12.6. The van der Waals surface area contributed by atoms with Gasteiger partial charge in [-0.25, -0.2) is 0 Å². The number of alkyl halides is 3. The summed E-state index contributed by atoms with van der Waals surface area (Å²) in [6.07, 6.45) is -3.18. The number of amides is 1.